The number of hydrogen-bond donors (Lipinski definition) is 1. The Kier molecular flexibility index (Phi) is 2.91. The van der Waals surface area contributed by atoms with Gasteiger partial charge in [0, 0.05) is 29.0 Å². The van der Waals surface area contributed by atoms with Crippen LogP contribution in [0.4, 0.5) is 0 Å². The van der Waals surface area contributed by atoms with Crippen molar-refractivity contribution in [2.24, 2.45) is 7.05 Å². The first-order valence-electron chi connectivity index (χ1n) is 5.38. The van der Waals surface area contributed by atoms with E-state index in [1.807, 2.05) is 42.1 Å². The van der Waals surface area contributed by atoms with Crippen molar-refractivity contribution in [2.75, 3.05) is 0 Å². The van der Waals surface area contributed by atoms with Gasteiger partial charge in [0.25, 0.3) is 0 Å². The molecule has 0 aliphatic heterocycles. The normalized spacial score (nSPS) is 11.9. The van der Waals surface area contributed by atoms with E-state index in [9.17, 15) is 4.79 Å². The fourth-order valence-corrected chi connectivity index (χ4v) is 2.83. The van der Waals surface area contributed by atoms with Gasteiger partial charge in [-0.05, 0) is 19.9 Å². The van der Waals surface area contributed by atoms with E-state index in [4.69, 9.17) is 5.11 Å². The Morgan fingerprint density at radius 2 is 2.00 bits per heavy atom. The molecule has 0 unspecified atom stereocenters. The Hall–Kier alpha value is -1.42. The number of carbonyl (C=O) groups is 1. The largest absolute Gasteiger partial charge is 0.480 e. The van der Waals surface area contributed by atoms with E-state index >= 15 is 0 Å². The first kappa shape index (κ1) is 12.0. The van der Waals surface area contributed by atoms with Crippen LogP contribution in [-0.4, -0.2) is 20.4 Å². The lowest BCUT2D eigenvalue weighted by molar-refractivity contribution is -0.138. The monoisotopic (exact) mass is 249 g/mol. The van der Waals surface area contributed by atoms with Crippen LogP contribution in [0.5, 0.6) is 0 Å². The Morgan fingerprint density at radius 3 is 2.65 bits per heavy atom. The summed E-state index contributed by atoms with van der Waals surface area (Å²) in [6.45, 7) is 3.45. The zero-order valence-corrected chi connectivity index (χ0v) is 10.9. The van der Waals surface area contributed by atoms with Crippen LogP contribution in [0.25, 0.3) is 10.9 Å². The molecule has 0 atom stereocenters. The average Bonchev–Trinajstić information content (AvgIpc) is 2.56. The van der Waals surface area contributed by atoms with Crippen molar-refractivity contribution in [3.63, 3.8) is 0 Å². The highest BCUT2D eigenvalue weighted by molar-refractivity contribution is 8.01. The van der Waals surface area contributed by atoms with E-state index < -0.39 is 10.7 Å². The molecule has 1 N–H and O–H groups in total. The molecular formula is C13H15NO2S. The van der Waals surface area contributed by atoms with Crippen molar-refractivity contribution in [1.82, 2.24) is 4.57 Å². The molecule has 0 saturated heterocycles. The van der Waals surface area contributed by atoms with Gasteiger partial charge in [0.15, 0.2) is 0 Å². The van der Waals surface area contributed by atoms with E-state index in [0.717, 1.165) is 15.8 Å². The molecule has 3 nitrogen and oxygen atoms in total. The van der Waals surface area contributed by atoms with Gasteiger partial charge in [-0.25, -0.2) is 0 Å². The molecule has 1 aromatic carbocycles. The van der Waals surface area contributed by atoms with Crippen LogP contribution in [0.1, 0.15) is 13.8 Å². The number of para-hydroxylation sites is 1. The molecule has 4 heteroatoms. The van der Waals surface area contributed by atoms with Gasteiger partial charge in [0.1, 0.15) is 4.75 Å². The van der Waals surface area contributed by atoms with E-state index in [1.54, 1.807) is 13.8 Å². The zero-order chi connectivity index (χ0) is 12.6. The standard InChI is InChI=1S/C13H15NO2S/c1-13(2,12(15)16)17-11-8-14(3)10-7-5-4-6-9(10)11/h4-8H,1-3H3,(H,15,16). The molecule has 0 radical (unpaired) electrons. The minimum Gasteiger partial charge on any atom is -0.480 e. The lowest BCUT2D eigenvalue weighted by atomic mass is 10.2. The summed E-state index contributed by atoms with van der Waals surface area (Å²) in [7, 11) is 1.97. The summed E-state index contributed by atoms with van der Waals surface area (Å²) in [5, 5.41) is 10.3. The van der Waals surface area contributed by atoms with Gasteiger partial charge in [0.2, 0.25) is 0 Å². The van der Waals surface area contributed by atoms with Crippen LogP contribution in [0.2, 0.25) is 0 Å². The first-order valence-corrected chi connectivity index (χ1v) is 6.20. The van der Waals surface area contributed by atoms with Crippen LogP contribution in [0.15, 0.2) is 35.4 Å². The van der Waals surface area contributed by atoms with Gasteiger partial charge >= 0.3 is 5.97 Å². The van der Waals surface area contributed by atoms with Crippen LogP contribution >= 0.6 is 11.8 Å². The van der Waals surface area contributed by atoms with Crippen LogP contribution < -0.4 is 0 Å². The summed E-state index contributed by atoms with van der Waals surface area (Å²) < 4.78 is 1.21. The molecule has 0 fully saturated rings. The van der Waals surface area contributed by atoms with Gasteiger partial charge in [-0.3, -0.25) is 4.79 Å². The van der Waals surface area contributed by atoms with Crippen molar-refractivity contribution in [3.8, 4) is 0 Å². The third-order valence-electron chi connectivity index (χ3n) is 2.74. The first-order chi connectivity index (χ1) is 7.92. The molecule has 0 aliphatic carbocycles. The maximum atomic E-state index is 11.1. The van der Waals surface area contributed by atoms with Gasteiger partial charge in [0.05, 0.1) is 0 Å². The minimum atomic E-state index is -0.815. The molecule has 0 aliphatic rings. The van der Waals surface area contributed by atoms with Crippen LogP contribution in [0, 0.1) is 0 Å². The summed E-state index contributed by atoms with van der Waals surface area (Å²) >= 11 is 1.38. The highest BCUT2D eigenvalue weighted by Gasteiger charge is 2.29. The predicted octanol–water partition coefficient (Wildman–Crippen LogP) is 3.13. The predicted molar refractivity (Wildman–Crippen MR) is 70.5 cm³/mol. The highest BCUT2D eigenvalue weighted by Crippen LogP contribution is 2.37. The highest BCUT2D eigenvalue weighted by atomic mass is 32.2. The molecular weight excluding hydrogens is 234 g/mol. The van der Waals surface area contributed by atoms with Crippen molar-refractivity contribution >= 4 is 28.6 Å². The van der Waals surface area contributed by atoms with E-state index in [1.165, 1.54) is 11.8 Å². The van der Waals surface area contributed by atoms with Gasteiger partial charge in [-0.2, -0.15) is 0 Å². The smallest absolute Gasteiger partial charge is 0.319 e. The number of carboxylic acid groups (broad SMARTS) is 1. The summed E-state index contributed by atoms with van der Waals surface area (Å²) in [4.78, 5) is 12.2. The number of thioether (sulfide) groups is 1. The molecule has 0 bridgehead atoms. The van der Waals surface area contributed by atoms with Crippen molar-refractivity contribution < 1.29 is 9.90 Å². The Labute approximate surface area is 104 Å². The van der Waals surface area contributed by atoms with Crippen LogP contribution in [0.3, 0.4) is 0 Å². The number of carboxylic acids is 1. The van der Waals surface area contributed by atoms with E-state index in [0.29, 0.717) is 0 Å². The van der Waals surface area contributed by atoms with E-state index in [-0.39, 0.29) is 0 Å². The second-order valence-electron chi connectivity index (χ2n) is 4.54. The minimum absolute atomic E-state index is 0.796. The number of aliphatic carboxylic acids is 1. The molecule has 2 rings (SSSR count). The second-order valence-corrected chi connectivity index (χ2v) is 6.20. The molecule has 0 spiro atoms. The third-order valence-corrected chi connectivity index (χ3v) is 3.97. The Morgan fingerprint density at radius 1 is 1.35 bits per heavy atom. The number of nitrogens with zero attached hydrogens (tertiary/aromatic N) is 1. The van der Waals surface area contributed by atoms with Crippen molar-refractivity contribution in [2.45, 2.75) is 23.5 Å². The SMILES string of the molecule is Cn1cc(SC(C)(C)C(=O)O)c2ccccc21. The molecule has 2 aromatic rings. The average molecular weight is 249 g/mol. The van der Waals surface area contributed by atoms with Gasteiger partial charge in [-0.1, -0.05) is 18.2 Å². The molecule has 0 amide bonds. The zero-order valence-electron chi connectivity index (χ0n) is 10.1. The lowest BCUT2D eigenvalue weighted by Crippen LogP contribution is -2.26. The maximum Gasteiger partial charge on any atom is 0.319 e. The summed E-state index contributed by atoms with van der Waals surface area (Å²) in [6, 6.07) is 8.02. The maximum absolute atomic E-state index is 11.1. The van der Waals surface area contributed by atoms with Gasteiger partial charge in [-0.15, -0.1) is 11.8 Å². The molecule has 90 valence electrons. The molecule has 1 aromatic heterocycles. The fraction of sp³-hybridized carbons (Fsp3) is 0.308. The van der Waals surface area contributed by atoms with Gasteiger partial charge < -0.3 is 9.67 Å². The summed E-state index contributed by atoms with van der Waals surface area (Å²) in [6.07, 6.45) is 1.99. The van der Waals surface area contributed by atoms with E-state index in [2.05, 4.69) is 0 Å². The lowest BCUT2D eigenvalue weighted by Gasteiger charge is -2.17. The number of aryl methyl sites for hydroxylation is 1. The number of benzene rings is 1. The van der Waals surface area contributed by atoms with Crippen LogP contribution in [-0.2, 0) is 11.8 Å². The molecule has 0 saturated carbocycles. The molecule has 17 heavy (non-hydrogen) atoms. The number of aromatic nitrogens is 1. The number of hydrogen-bond acceptors (Lipinski definition) is 2. The molecule has 1 heterocycles. The Balaban J connectivity index is 2.47. The summed E-state index contributed by atoms with van der Waals surface area (Å²) in [5.74, 6) is -0.796. The fourth-order valence-electron chi connectivity index (χ4n) is 1.70. The third kappa shape index (κ3) is 2.17. The quantitative estimate of drug-likeness (QED) is 0.850. The Bertz CT molecular complexity index is 572. The summed E-state index contributed by atoms with van der Waals surface area (Å²) in [5.41, 5.74) is 1.12. The second kappa shape index (κ2) is 4.11. The van der Waals surface area contributed by atoms with Crippen molar-refractivity contribution in [3.05, 3.63) is 30.5 Å². The topological polar surface area (TPSA) is 42.2 Å². The number of rotatable bonds is 3. The van der Waals surface area contributed by atoms with Crippen molar-refractivity contribution in [1.29, 1.82) is 0 Å². The number of fused-ring (bicyclic) bond motifs is 1.